The largest absolute Gasteiger partial charge is 0.454 e. The highest BCUT2D eigenvalue weighted by molar-refractivity contribution is 7.99. The molecule has 6 rings (SSSR count). The minimum Gasteiger partial charge on any atom is -0.454 e. The van der Waals surface area contributed by atoms with Gasteiger partial charge in [-0.15, -0.1) is 0 Å². The zero-order valence-electron chi connectivity index (χ0n) is 21.0. The fourth-order valence-electron chi connectivity index (χ4n) is 4.90. The topological polar surface area (TPSA) is 82.8 Å². The number of halogens is 2. The molecule has 4 bridgehead atoms. The lowest BCUT2D eigenvalue weighted by Gasteiger charge is -2.18. The van der Waals surface area contributed by atoms with E-state index in [4.69, 9.17) is 4.74 Å². The third-order valence-corrected chi connectivity index (χ3v) is 7.88. The van der Waals surface area contributed by atoms with Crippen molar-refractivity contribution >= 4 is 28.6 Å². The number of aromatic amines is 2. The molecular weight excluding hydrogens is 518 g/mol. The Bertz CT molecular complexity index is 1630. The lowest BCUT2D eigenvalue weighted by Crippen LogP contribution is -2.29. The van der Waals surface area contributed by atoms with Crippen LogP contribution in [0.1, 0.15) is 35.7 Å². The SMILES string of the molecule is O=C1CCCSCCc2c(c(F)cc3[nH]ccc23)Oc2ccc(F)c(c2)-c2ncc([nH]2)C(c2ccccc2)N1. The van der Waals surface area contributed by atoms with E-state index in [-0.39, 0.29) is 23.0 Å². The molecular formula is C30H26F2N4O2S. The van der Waals surface area contributed by atoms with E-state index < -0.39 is 17.7 Å². The number of fused-ring (bicyclic) bond motifs is 8. The predicted molar refractivity (Wildman–Crippen MR) is 149 cm³/mol. The summed E-state index contributed by atoms with van der Waals surface area (Å²) in [6.45, 7) is 0. The maximum Gasteiger partial charge on any atom is 0.220 e. The predicted octanol–water partition coefficient (Wildman–Crippen LogP) is 6.90. The van der Waals surface area contributed by atoms with Gasteiger partial charge in [0.2, 0.25) is 5.91 Å². The van der Waals surface area contributed by atoms with Crippen LogP contribution >= 0.6 is 11.8 Å². The molecule has 1 atom stereocenters. The summed E-state index contributed by atoms with van der Waals surface area (Å²) in [5.74, 6) is 1.15. The molecule has 0 saturated heterocycles. The van der Waals surface area contributed by atoms with E-state index in [2.05, 4.69) is 20.3 Å². The molecule has 3 aromatic carbocycles. The maximum atomic E-state index is 15.3. The molecule has 198 valence electrons. The molecule has 3 N–H and O–H groups in total. The van der Waals surface area contributed by atoms with Gasteiger partial charge in [-0.05, 0) is 54.2 Å². The van der Waals surface area contributed by atoms with E-state index in [1.54, 1.807) is 24.2 Å². The highest BCUT2D eigenvalue weighted by Crippen LogP contribution is 2.37. The number of hydrogen-bond acceptors (Lipinski definition) is 4. The van der Waals surface area contributed by atoms with E-state index in [9.17, 15) is 4.79 Å². The van der Waals surface area contributed by atoms with Gasteiger partial charge in [0, 0.05) is 35.2 Å². The van der Waals surface area contributed by atoms with Crippen LogP contribution in [0.25, 0.3) is 22.3 Å². The number of H-pyrrole nitrogens is 2. The summed E-state index contributed by atoms with van der Waals surface area (Å²) >= 11 is 1.71. The molecule has 0 saturated carbocycles. The molecule has 0 aliphatic carbocycles. The van der Waals surface area contributed by atoms with Gasteiger partial charge in [-0.3, -0.25) is 4.79 Å². The first kappa shape index (κ1) is 25.2. The Morgan fingerprint density at radius 1 is 0.974 bits per heavy atom. The summed E-state index contributed by atoms with van der Waals surface area (Å²) in [6.07, 6.45) is 5.01. The van der Waals surface area contributed by atoms with Crippen molar-refractivity contribution in [2.45, 2.75) is 25.3 Å². The van der Waals surface area contributed by atoms with Crippen molar-refractivity contribution in [2.24, 2.45) is 0 Å². The quantitative estimate of drug-likeness (QED) is 0.214. The van der Waals surface area contributed by atoms with Gasteiger partial charge in [-0.2, -0.15) is 11.8 Å². The van der Waals surface area contributed by atoms with E-state index >= 15 is 8.78 Å². The van der Waals surface area contributed by atoms with Crippen molar-refractivity contribution in [3.8, 4) is 22.9 Å². The summed E-state index contributed by atoms with van der Waals surface area (Å²) in [5, 5.41) is 3.99. The first-order valence-corrected chi connectivity index (χ1v) is 14.0. The van der Waals surface area contributed by atoms with Gasteiger partial charge in [0.05, 0.1) is 23.5 Å². The number of carbonyl (C=O) groups excluding carboxylic acids is 1. The van der Waals surface area contributed by atoms with Gasteiger partial charge in [0.15, 0.2) is 11.6 Å². The Balaban J connectivity index is 1.43. The average molecular weight is 545 g/mol. The molecule has 0 fully saturated rings. The number of nitrogens with one attached hydrogen (secondary N) is 3. The highest BCUT2D eigenvalue weighted by atomic mass is 32.2. The Morgan fingerprint density at radius 2 is 1.85 bits per heavy atom. The second kappa shape index (κ2) is 10.9. The molecule has 2 aromatic heterocycles. The number of ether oxygens (including phenoxy) is 1. The number of imidazole rings is 1. The normalized spacial score (nSPS) is 16.6. The fraction of sp³-hybridized carbons (Fsp3) is 0.200. The third-order valence-electron chi connectivity index (χ3n) is 6.81. The molecule has 1 amide bonds. The molecule has 0 spiro atoms. The molecule has 0 radical (unpaired) electrons. The van der Waals surface area contributed by atoms with Gasteiger partial charge in [-0.1, -0.05) is 30.3 Å². The molecule has 9 heteroatoms. The molecule has 6 nitrogen and oxygen atoms in total. The summed E-state index contributed by atoms with van der Waals surface area (Å²) in [4.78, 5) is 23.6. The van der Waals surface area contributed by atoms with Gasteiger partial charge in [0.1, 0.15) is 17.4 Å². The van der Waals surface area contributed by atoms with E-state index in [1.165, 1.54) is 24.3 Å². The highest BCUT2D eigenvalue weighted by Gasteiger charge is 2.22. The molecule has 39 heavy (non-hydrogen) atoms. The van der Waals surface area contributed by atoms with Crippen LogP contribution in [-0.4, -0.2) is 32.4 Å². The number of carbonyl (C=O) groups is 1. The van der Waals surface area contributed by atoms with E-state index in [1.807, 2.05) is 36.4 Å². The Labute approximate surface area is 228 Å². The lowest BCUT2D eigenvalue weighted by atomic mass is 10.0. The van der Waals surface area contributed by atoms with Crippen molar-refractivity contribution in [1.29, 1.82) is 0 Å². The Morgan fingerprint density at radius 3 is 2.72 bits per heavy atom. The lowest BCUT2D eigenvalue weighted by molar-refractivity contribution is -0.121. The number of nitrogens with zero attached hydrogens (tertiary/aromatic N) is 1. The van der Waals surface area contributed by atoms with Crippen LogP contribution in [0.2, 0.25) is 0 Å². The average Bonchev–Trinajstić information content (AvgIpc) is 3.61. The minimum atomic E-state index is -0.504. The van der Waals surface area contributed by atoms with Crippen molar-refractivity contribution in [3.05, 3.63) is 102 Å². The molecule has 1 unspecified atom stereocenters. The van der Waals surface area contributed by atoms with Crippen LogP contribution in [0.4, 0.5) is 8.78 Å². The molecule has 1 aliphatic rings. The number of rotatable bonds is 1. The standard InChI is InChI=1S/C30H26F2N4O2S/c31-23-9-8-19-15-22(23)30-34-17-26(35-30)28(18-5-2-1-3-6-18)36-27(37)7-4-13-39-14-11-21-20-10-12-33-25(20)16-24(32)29(21)38-19/h1-3,5-6,8-10,12,15-17,28,33H,4,7,11,13-14H2,(H,34,35)(H,36,37). The summed E-state index contributed by atoms with van der Waals surface area (Å²) in [5.41, 5.74) is 3.12. The van der Waals surface area contributed by atoms with Crippen molar-refractivity contribution < 1.29 is 18.3 Å². The molecule has 1 aliphatic heterocycles. The number of benzene rings is 3. The number of aryl methyl sites for hydroxylation is 1. The zero-order valence-corrected chi connectivity index (χ0v) is 21.8. The van der Waals surface area contributed by atoms with Crippen molar-refractivity contribution in [1.82, 2.24) is 20.3 Å². The monoisotopic (exact) mass is 544 g/mol. The minimum absolute atomic E-state index is 0.0789. The smallest absolute Gasteiger partial charge is 0.220 e. The number of aromatic nitrogens is 3. The number of hydrogen-bond donors (Lipinski definition) is 3. The Hall–Kier alpha value is -4.11. The summed E-state index contributed by atoms with van der Waals surface area (Å²) in [7, 11) is 0. The van der Waals surface area contributed by atoms with Crippen molar-refractivity contribution in [3.63, 3.8) is 0 Å². The van der Waals surface area contributed by atoms with Gasteiger partial charge in [0.25, 0.3) is 0 Å². The van der Waals surface area contributed by atoms with Gasteiger partial charge in [-0.25, -0.2) is 13.8 Å². The summed E-state index contributed by atoms with van der Waals surface area (Å²) < 4.78 is 36.4. The molecule has 3 heterocycles. The van der Waals surface area contributed by atoms with Crippen LogP contribution in [-0.2, 0) is 11.2 Å². The molecule has 5 aromatic rings. The van der Waals surface area contributed by atoms with E-state index in [0.29, 0.717) is 36.2 Å². The van der Waals surface area contributed by atoms with Gasteiger partial charge < -0.3 is 20.0 Å². The zero-order chi connectivity index (χ0) is 26.8. The van der Waals surface area contributed by atoms with Crippen LogP contribution in [0.15, 0.2) is 73.1 Å². The van der Waals surface area contributed by atoms with Crippen LogP contribution in [0.3, 0.4) is 0 Å². The first-order chi connectivity index (χ1) is 19.1. The van der Waals surface area contributed by atoms with Gasteiger partial charge >= 0.3 is 0 Å². The summed E-state index contributed by atoms with van der Waals surface area (Å²) in [6, 6.07) is 16.7. The van der Waals surface area contributed by atoms with Crippen molar-refractivity contribution in [2.75, 3.05) is 11.5 Å². The van der Waals surface area contributed by atoms with Crippen LogP contribution in [0, 0.1) is 11.6 Å². The van der Waals surface area contributed by atoms with Crippen LogP contribution in [0.5, 0.6) is 11.5 Å². The first-order valence-electron chi connectivity index (χ1n) is 12.8. The number of amides is 1. The van der Waals surface area contributed by atoms with E-state index in [0.717, 1.165) is 28.0 Å². The third kappa shape index (κ3) is 5.27. The second-order valence-electron chi connectivity index (χ2n) is 9.41. The second-order valence-corrected chi connectivity index (χ2v) is 10.6. The Kier molecular flexibility index (Phi) is 7.06. The maximum absolute atomic E-state index is 15.3. The number of thioether (sulfide) groups is 1. The fourth-order valence-corrected chi connectivity index (χ4v) is 5.80. The van der Waals surface area contributed by atoms with Crippen LogP contribution < -0.4 is 10.1 Å².